The molecule has 0 aliphatic rings. The Morgan fingerprint density at radius 3 is 2.88 bits per heavy atom. The monoisotopic (exact) mass is 300 g/mol. The van der Waals surface area contributed by atoms with Crippen molar-refractivity contribution in [1.29, 1.82) is 0 Å². The van der Waals surface area contributed by atoms with Gasteiger partial charge in [0.25, 0.3) is 0 Å². The smallest absolute Gasteiger partial charge is 0.169 e. The van der Waals surface area contributed by atoms with Crippen molar-refractivity contribution in [1.82, 2.24) is 5.32 Å². The number of hydrogen-bond donors (Lipinski definition) is 2. The largest absolute Gasteiger partial charge is 0.453 e. The fourth-order valence-corrected chi connectivity index (χ4v) is 2.43. The molecule has 0 radical (unpaired) electrons. The van der Waals surface area contributed by atoms with Crippen molar-refractivity contribution in [2.45, 2.75) is 12.6 Å². The van der Waals surface area contributed by atoms with Crippen molar-refractivity contribution >= 4 is 27.3 Å². The van der Waals surface area contributed by atoms with Gasteiger partial charge < -0.3 is 15.5 Å². The van der Waals surface area contributed by atoms with E-state index in [2.05, 4.69) is 32.7 Å². The van der Waals surface area contributed by atoms with Crippen LogP contribution in [-0.4, -0.2) is 6.54 Å². The predicted octanol–water partition coefficient (Wildman–Crippen LogP) is 2.89. The summed E-state index contributed by atoms with van der Waals surface area (Å²) in [7, 11) is 0. The molecule has 2 heterocycles. The number of rotatable bonds is 5. The molecule has 0 aromatic carbocycles. The lowest BCUT2D eigenvalue weighted by Crippen LogP contribution is -2.27. The second-order valence-corrected chi connectivity index (χ2v) is 5.20. The molecule has 0 aliphatic heterocycles. The number of thiophene rings is 1. The fraction of sp³-hybridized carbons (Fsp3) is 0.273. The highest BCUT2D eigenvalue weighted by Gasteiger charge is 2.13. The van der Waals surface area contributed by atoms with Crippen molar-refractivity contribution in [3.05, 3.63) is 45.0 Å². The maximum atomic E-state index is 5.72. The summed E-state index contributed by atoms with van der Waals surface area (Å²) >= 11 is 5.02. The fourth-order valence-electron chi connectivity index (χ4n) is 1.45. The van der Waals surface area contributed by atoms with Gasteiger partial charge in [-0.2, -0.15) is 0 Å². The van der Waals surface area contributed by atoms with Crippen molar-refractivity contribution in [3.63, 3.8) is 0 Å². The molecule has 0 spiro atoms. The molecule has 0 fully saturated rings. The molecule has 2 aromatic rings. The molecular weight excluding hydrogens is 288 g/mol. The second kappa shape index (κ2) is 5.63. The van der Waals surface area contributed by atoms with Crippen LogP contribution in [0.3, 0.4) is 0 Å². The molecule has 1 atom stereocenters. The Kier molecular flexibility index (Phi) is 4.17. The second-order valence-electron chi connectivity index (χ2n) is 3.39. The van der Waals surface area contributed by atoms with Gasteiger partial charge in [0.05, 0.1) is 6.04 Å². The highest BCUT2D eigenvalue weighted by atomic mass is 79.9. The van der Waals surface area contributed by atoms with Crippen molar-refractivity contribution in [2.75, 3.05) is 6.54 Å². The summed E-state index contributed by atoms with van der Waals surface area (Å²) in [5, 5.41) is 5.44. The molecule has 16 heavy (non-hydrogen) atoms. The Morgan fingerprint density at radius 1 is 1.44 bits per heavy atom. The van der Waals surface area contributed by atoms with Crippen LogP contribution in [0.2, 0.25) is 0 Å². The summed E-state index contributed by atoms with van der Waals surface area (Å²) in [6, 6.07) is 8.02. The van der Waals surface area contributed by atoms with Crippen LogP contribution in [0.25, 0.3) is 0 Å². The van der Waals surface area contributed by atoms with Gasteiger partial charge in [0.15, 0.2) is 4.67 Å². The van der Waals surface area contributed by atoms with Gasteiger partial charge in [-0.25, -0.2) is 0 Å². The number of furan rings is 1. The van der Waals surface area contributed by atoms with Crippen LogP contribution in [0.4, 0.5) is 0 Å². The van der Waals surface area contributed by atoms with Crippen molar-refractivity contribution in [2.24, 2.45) is 5.73 Å². The molecule has 0 saturated carbocycles. The third-order valence-corrected chi connectivity index (χ3v) is 3.58. The summed E-state index contributed by atoms with van der Waals surface area (Å²) in [5.74, 6) is 0.867. The van der Waals surface area contributed by atoms with Crippen LogP contribution in [0, 0.1) is 0 Å². The number of halogens is 1. The average molecular weight is 301 g/mol. The summed E-state index contributed by atoms with van der Waals surface area (Å²) in [5.41, 5.74) is 5.72. The van der Waals surface area contributed by atoms with E-state index >= 15 is 0 Å². The quantitative estimate of drug-likeness (QED) is 0.893. The minimum atomic E-state index is 0.0633. The molecule has 2 aromatic heterocycles. The van der Waals surface area contributed by atoms with E-state index in [9.17, 15) is 0 Å². The zero-order valence-electron chi connectivity index (χ0n) is 8.65. The van der Waals surface area contributed by atoms with Gasteiger partial charge >= 0.3 is 0 Å². The molecule has 0 bridgehead atoms. The first-order chi connectivity index (χ1) is 7.79. The predicted molar refractivity (Wildman–Crippen MR) is 69.4 cm³/mol. The van der Waals surface area contributed by atoms with E-state index in [1.165, 1.54) is 4.88 Å². The first-order valence-corrected chi connectivity index (χ1v) is 6.68. The highest BCUT2D eigenvalue weighted by molar-refractivity contribution is 9.10. The Labute approximate surface area is 107 Å². The van der Waals surface area contributed by atoms with Crippen LogP contribution in [0.1, 0.15) is 16.7 Å². The molecule has 0 aliphatic carbocycles. The zero-order valence-corrected chi connectivity index (χ0v) is 11.1. The van der Waals surface area contributed by atoms with Crippen molar-refractivity contribution < 1.29 is 4.42 Å². The molecule has 2 rings (SSSR count). The third kappa shape index (κ3) is 2.95. The zero-order chi connectivity index (χ0) is 11.4. The van der Waals surface area contributed by atoms with E-state index in [1.807, 2.05) is 18.2 Å². The Morgan fingerprint density at radius 2 is 2.31 bits per heavy atom. The molecule has 3 N–H and O–H groups in total. The number of nitrogens with two attached hydrogens (primary N) is 1. The Bertz CT molecular complexity index is 427. The van der Waals surface area contributed by atoms with Gasteiger partial charge in [0, 0.05) is 18.0 Å². The molecule has 1 unspecified atom stereocenters. The van der Waals surface area contributed by atoms with E-state index in [1.54, 1.807) is 11.3 Å². The standard InChI is InChI=1S/C11H13BrN2OS/c12-11-4-3-10(15-11)9(6-13)14-7-8-2-1-5-16-8/h1-5,9,14H,6-7,13H2. The van der Waals surface area contributed by atoms with Gasteiger partial charge in [0.1, 0.15) is 5.76 Å². The lowest BCUT2D eigenvalue weighted by Gasteiger charge is -2.13. The van der Waals surface area contributed by atoms with Crippen molar-refractivity contribution in [3.8, 4) is 0 Å². The summed E-state index contributed by atoms with van der Waals surface area (Å²) in [6.07, 6.45) is 0. The average Bonchev–Trinajstić information content (AvgIpc) is 2.91. The minimum absolute atomic E-state index is 0.0633. The maximum Gasteiger partial charge on any atom is 0.169 e. The third-order valence-electron chi connectivity index (χ3n) is 2.28. The van der Waals surface area contributed by atoms with Crippen LogP contribution in [0.5, 0.6) is 0 Å². The minimum Gasteiger partial charge on any atom is -0.453 e. The van der Waals surface area contributed by atoms with Gasteiger partial charge in [-0.1, -0.05) is 6.07 Å². The summed E-state index contributed by atoms with van der Waals surface area (Å²) < 4.78 is 6.22. The molecule has 0 amide bonds. The topological polar surface area (TPSA) is 51.2 Å². The number of hydrogen-bond acceptors (Lipinski definition) is 4. The lowest BCUT2D eigenvalue weighted by molar-refractivity contribution is 0.406. The molecular formula is C11H13BrN2OS. The summed E-state index contributed by atoms with van der Waals surface area (Å²) in [6.45, 7) is 1.34. The van der Waals surface area contributed by atoms with Crippen LogP contribution < -0.4 is 11.1 Å². The SMILES string of the molecule is NCC(NCc1cccs1)c1ccc(Br)o1. The van der Waals surface area contributed by atoms with E-state index in [0.717, 1.165) is 17.0 Å². The normalized spacial score (nSPS) is 12.9. The summed E-state index contributed by atoms with van der Waals surface area (Å²) in [4.78, 5) is 1.30. The van der Waals surface area contributed by atoms with E-state index in [0.29, 0.717) is 6.54 Å². The number of nitrogens with one attached hydrogen (secondary N) is 1. The van der Waals surface area contributed by atoms with Gasteiger partial charge in [-0.05, 0) is 39.5 Å². The van der Waals surface area contributed by atoms with E-state index in [4.69, 9.17) is 10.2 Å². The van der Waals surface area contributed by atoms with Gasteiger partial charge in [-0.15, -0.1) is 11.3 Å². The van der Waals surface area contributed by atoms with Gasteiger partial charge in [0.2, 0.25) is 0 Å². The first-order valence-electron chi connectivity index (χ1n) is 5.00. The first kappa shape index (κ1) is 11.9. The molecule has 86 valence electrons. The molecule has 3 nitrogen and oxygen atoms in total. The van der Waals surface area contributed by atoms with Gasteiger partial charge in [-0.3, -0.25) is 0 Å². The van der Waals surface area contributed by atoms with E-state index in [-0.39, 0.29) is 6.04 Å². The molecule has 5 heteroatoms. The Balaban J connectivity index is 1.96. The molecule has 0 saturated heterocycles. The lowest BCUT2D eigenvalue weighted by atomic mass is 10.2. The van der Waals surface area contributed by atoms with E-state index < -0.39 is 0 Å². The highest BCUT2D eigenvalue weighted by Crippen LogP contribution is 2.20. The Hall–Kier alpha value is -0.620. The van der Waals surface area contributed by atoms with Crippen LogP contribution in [0.15, 0.2) is 38.7 Å². The maximum absolute atomic E-state index is 5.72. The van der Waals surface area contributed by atoms with Crippen LogP contribution in [-0.2, 0) is 6.54 Å². The van der Waals surface area contributed by atoms with Crippen LogP contribution >= 0.6 is 27.3 Å².